The zero-order valence-corrected chi connectivity index (χ0v) is 10.4. The minimum Gasteiger partial charge on any atom is -0.388 e. The van der Waals surface area contributed by atoms with Crippen LogP contribution in [0.3, 0.4) is 0 Å². The van der Waals surface area contributed by atoms with Gasteiger partial charge in [0.1, 0.15) is 0 Å². The molecule has 0 bridgehead atoms. The summed E-state index contributed by atoms with van der Waals surface area (Å²) < 4.78 is 0. The molecule has 1 heterocycles. The third-order valence-electron chi connectivity index (χ3n) is 3.08. The Morgan fingerprint density at radius 3 is 2.88 bits per heavy atom. The highest BCUT2D eigenvalue weighted by Gasteiger charge is 2.25. The lowest BCUT2D eigenvalue weighted by Gasteiger charge is -2.28. The van der Waals surface area contributed by atoms with Crippen LogP contribution in [0.4, 0.5) is 0 Å². The molecule has 1 aromatic carbocycles. The fourth-order valence-electron chi connectivity index (χ4n) is 2.15. The van der Waals surface area contributed by atoms with E-state index in [0.717, 1.165) is 31.5 Å². The second-order valence-electron chi connectivity index (χ2n) is 4.19. The molecule has 0 aromatic heterocycles. The van der Waals surface area contributed by atoms with Crippen molar-refractivity contribution in [2.24, 2.45) is 5.92 Å². The number of hydrogen-bond donors (Lipinski definition) is 2. The molecule has 2 unspecified atom stereocenters. The Kier molecular flexibility index (Phi) is 4.09. The van der Waals surface area contributed by atoms with Gasteiger partial charge in [-0.15, -0.1) is 0 Å². The number of piperidine rings is 1. The number of aliphatic hydroxyl groups excluding tert-OH is 1. The molecule has 1 saturated heterocycles. The summed E-state index contributed by atoms with van der Waals surface area (Å²) in [5, 5.41) is 14.5. The third kappa shape index (κ3) is 2.51. The molecule has 1 aliphatic heterocycles. The molecule has 0 radical (unpaired) electrons. The van der Waals surface area contributed by atoms with Gasteiger partial charge in [0, 0.05) is 18.0 Å². The molecule has 2 atom stereocenters. The topological polar surface area (TPSA) is 32.3 Å². The standard InChI is InChI=1S/C12H15Cl2NO/c13-10-5-1-4-9(11(10)14)12(16)8-3-2-6-15-7-8/h1,4-5,8,12,15-16H,2-3,6-7H2. The second kappa shape index (κ2) is 5.37. The monoisotopic (exact) mass is 259 g/mol. The van der Waals surface area contributed by atoms with E-state index in [1.807, 2.05) is 12.1 Å². The van der Waals surface area contributed by atoms with Crippen molar-refractivity contribution in [2.75, 3.05) is 13.1 Å². The zero-order chi connectivity index (χ0) is 11.5. The Balaban J connectivity index is 2.19. The number of nitrogens with one attached hydrogen (secondary N) is 1. The van der Waals surface area contributed by atoms with E-state index < -0.39 is 6.10 Å². The van der Waals surface area contributed by atoms with Crippen molar-refractivity contribution in [3.05, 3.63) is 33.8 Å². The van der Waals surface area contributed by atoms with Gasteiger partial charge in [-0.05, 0) is 25.5 Å². The lowest BCUT2D eigenvalue weighted by Crippen LogP contribution is -2.33. The summed E-state index contributed by atoms with van der Waals surface area (Å²) in [6.45, 7) is 1.87. The number of aliphatic hydroxyl groups is 1. The number of rotatable bonds is 2. The van der Waals surface area contributed by atoms with Crippen LogP contribution in [0.25, 0.3) is 0 Å². The van der Waals surface area contributed by atoms with Gasteiger partial charge in [0.05, 0.1) is 16.1 Å². The van der Waals surface area contributed by atoms with Gasteiger partial charge < -0.3 is 10.4 Å². The minimum atomic E-state index is -0.529. The number of benzene rings is 1. The quantitative estimate of drug-likeness (QED) is 0.856. The predicted octanol–water partition coefficient (Wildman–Crippen LogP) is 3.03. The Labute approximate surface area is 106 Å². The van der Waals surface area contributed by atoms with Crippen LogP contribution in [0.5, 0.6) is 0 Å². The van der Waals surface area contributed by atoms with Crippen molar-refractivity contribution >= 4 is 23.2 Å². The molecule has 2 nitrogen and oxygen atoms in total. The first kappa shape index (κ1) is 12.2. The van der Waals surface area contributed by atoms with Crippen LogP contribution in [0, 0.1) is 5.92 Å². The second-order valence-corrected chi connectivity index (χ2v) is 4.98. The maximum Gasteiger partial charge on any atom is 0.0845 e. The van der Waals surface area contributed by atoms with Gasteiger partial charge in [0.25, 0.3) is 0 Å². The summed E-state index contributed by atoms with van der Waals surface area (Å²) in [6.07, 6.45) is 1.59. The highest BCUT2D eigenvalue weighted by atomic mass is 35.5. The highest BCUT2D eigenvalue weighted by molar-refractivity contribution is 6.42. The van der Waals surface area contributed by atoms with E-state index in [2.05, 4.69) is 5.32 Å². The van der Waals surface area contributed by atoms with Crippen molar-refractivity contribution < 1.29 is 5.11 Å². The van der Waals surface area contributed by atoms with Gasteiger partial charge >= 0.3 is 0 Å². The fourth-order valence-corrected chi connectivity index (χ4v) is 2.57. The van der Waals surface area contributed by atoms with Crippen molar-refractivity contribution in [1.29, 1.82) is 0 Å². The Morgan fingerprint density at radius 2 is 2.19 bits per heavy atom. The molecular formula is C12H15Cl2NO. The largest absolute Gasteiger partial charge is 0.388 e. The van der Waals surface area contributed by atoms with Crippen LogP contribution >= 0.6 is 23.2 Å². The van der Waals surface area contributed by atoms with E-state index >= 15 is 0 Å². The Hall–Kier alpha value is -0.280. The van der Waals surface area contributed by atoms with Crippen LogP contribution in [-0.2, 0) is 0 Å². The van der Waals surface area contributed by atoms with Gasteiger partial charge in [-0.1, -0.05) is 35.3 Å². The van der Waals surface area contributed by atoms with E-state index in [9.17, 15) is 5.11 Å². The van der Waals surface area contributed by atoms with Gasteiger partial charge in [0.2, 0.25) is 0 Å². The summed E-state index contributed by atoms with van der Waals surface area (Å²) in [5.74, 6) is 0.227. The average Bonchev–Trinajstić information content (AvgIpc) is 2.33. The van der Waals surface area contributed by atoms with Gasteiger partial charge in [-0.3, -0.25) is 0 Å². The first-order chi connectivity index (χ1) is 7.70. The molecule has 1 aliphatic rings. The molecule has 1 aromatic rings. The predicted molar refractivity (Wildman–Crippen MR) is 67.0 cm³/mol. The molecule has 0 amide bonds. The van der Waals surface area contributed by atoms with Crippen molar-refractivity contribution in [2.45, 2.75) is 18.9 Å². The van der Waals surface area contributed by atoms with E-state index in [-0.39, 0.29) is 5.92 Å². The van der Waals surface area contributed by atoms with Crippen LogP contribution in [0.1, 0.15) is 24.5 Å². The normalized spacial score (nSPS) is 23.1. The van der Waals surface area contributed by atoms with Crippen LogP contribution in [0.15, 0.2) is 18.2 Å². The van der Waals surface area contributed by atoms with Crippen LogP contribution in [0.2, 0.25) is 10.0 Å². The van der Waals surface area contributed by atoms with Crippen LogP contribution in [-0.4, -0.2) is 18.2 Å². The molecule has 88 valence electrons. The molecule has 2 rings (SSSR count). The molecule has 0 spiro atoms. The minimum absolute atomic E-state index is 0.227. The maximum atomic E-state index is 10.3. The summed E-state index contributed by atoms with van der Waals surface area (Å²) >= 11 is 12.0. The first-order valence-corrected chi connectivity index (χ1v) is 6.28. The molecule has 2 N–H and O–H groups in total. The third-order valence-corrected chi connectivity index (χ3v) is 3.92. The number of hydrogen-bond acceptors (Lipinski definition) is 2. The van der Waals surface area contributed by atoms with E-state index in [1.54, 1.807) is 6.07 Å². The average molecular weight is 260 g/mol. The van der Waals surface area contributed by atoms with Crippen molar-refractivity contribution in [3.8, 4) is 0 Å². The van der Waals surface area contributed by atoms with Gasteiger partial charge in [0.15, 0.2) is 0 Å². The zero-order valence-electron chi connectivity index (χ0n) is 8.92. The SMILES string of the molecule is OC(c1cccc(Cl)c1Cl)C1CCCNC1. The highest BCUT2D eigenvalue weighted by Crippen LogP contribution is 2.35. The molecule has 0 aliphatic carbocycles. The summed E-state index contributed by atoms with van der Waals surface area (Å²) in [7, 11) is 0. The Morgan fingerprint density at radius 1 is 1.38 bits per heavy atom. The van der Waals surface area contributed by atoms with Crippen molar-refractivity contribution in [3.63, 3.8) is 0 Å². The number of halogens is 2. The smallest absolute Gasteiger partial charge is 0.0845 e. The molecular weight excluding hydrogens is 245 g/mol. The fraction of sp³-hybridized carbons (Fsp3) is 0.500. The van der Waals surface area contributed by atoms with Crippen molar-refractivity contribution in [1.82, 2.24) is 5.32 Å². The van der Waals surface area contributed by atoms with Gasteiger partial charge in [-0.2, -0.15) is 0 Å². The summed E-state index contributed by atoms with van der Waals surface area (Å²) in [5.41, 5.74) is 0.739. The summed E-state index contributed by atoms with van der Waals surface area (Å²) in [6, 6.07) is 5.40. The lowest BCUT2D eigenvalue weighted by molar-refractivity contribution is 0.0922. The lowest BCUT2D eigenvalue weighted by atomic mass is 9.89. The van der Waals surface area contributed by atoms with E-state index in [4.69, 9.17) is 23.2 Å². The van der Waals surface area contributed by atoms with Crippen LogP contribution < -0.4 is 5.32 Å². The first-order valence-electron chi connectivity index (χ1n) is 5.53. The maximum absolute atomic E-state index is 10.3. The van der Waals surface area contributed by atoms with E-state index in [1.165, 1.54) is 0 Å². The van der Waals surface area contributed by atoms with E-state index in [0.29, 0.717) is 10.0 Å². The van der Waals surface area contributed by atoms with Gasteiger partial charge in [-0.25, -0.2) is 0 Å². The summed E-state index contributed by atoms with van der Waals surface area (Å²) in [4.78, 5) is 0. The molecule has 16 heavy (non-hydrogen) atoms. The Bertz CT molecular complexity index is 364. The molecule has 0 saturated carbocycles. The molecule has 1 fully saturated rings. The molecule has 4 heteroatoms.